The number of carbonyl (C=O) groups is 1. The van der Waals surface area contributed by atoms with Gasteiger partial charge in [-0.15, -0.1) is 0 Å². The molecule has 1 aliphatic rings. The van der Waals surface area contributed by atoms with Crippen molar-refractivity contribution in [2.75, 3.05) is 18.4 Å². The molecule has 1 amide bonds. The highest BCUT2D eigenvalue weighted by atomic mass is 16.2. The third-order valence-corrected chi connectivity index (χ3v) is 5.22. The molecule has 1 aliphatic heterocycles. The van der Waals surface area contributed by atoms with Crippen molar-refractivity contribution >= 4 is 23.7 Å². The Hall–Kier alpha value is -3.61. The first-order valence-corrected chi connectivity index (χ1v) is 10.4. The van der Waals surface area contributed by atoms with Gasteiger partial charge in [0.15, 0.2) is 0 Å². The number of nitrogens with zero attached hydrogens (tertiary/aromatic N) is 5. The molecule has 1 N–H and O–H groups in total. The van der Waals surface area contributed by atoms with E-state index in [1.807, 2.05) is 74.2 Å². The SMILES string of the molecule is Cc1cc(C)nc(Nc2cc(C3CCN(C(=O)/C=C/c4ccccc4)C3)nc(C)n2)n1. The summed E-state index contributed by atoms with van der Waals surface area (Å²) in [6.07, 6.45) is 4.38. The van der Waals surface area contributed by atoms with Crippen molar-refractivity contribution in [3.8, 4) is 0 Å². The van der Waals surface area contributed by atoms with Crippen molar-refractivity contribution in [3.63, 3.8) is 0 Å². The minimum Gasteiger partial charge on any atom is -0.338 e. The van der Waals surface area contributed by atoms with Crippen molar-refractivity contribution < 1.29 is 4.79 Å². The van der Waals surface area contributed by atoms with Crippen molar-refractivity contribution in [3.05, 3.63) is 77.0 Å². The van der Waals surface area contributed by atoms with Gasteiger partial charge in [0.05, 0.1) is 5.69 Å². The zero-order valence-corrected chi connectivity index (χ0v) is 18.0. The van der Waals surface area contributed by atoms with Gasteiger partial charge in [-0.3, -0.25) is 4.79 Å². The number of carbonyl (C=O) groups excluding carboxylic acids is 1. The Kier molecular flexibility index (Phi) is 6.02. The lowest BCUT2D eigenvalue weighted by Gasteiger charge is -2.15. The van der Waals surface area contributed by atoms with E-state index in [4.69, 9.17) is 0 Å². The first-order chi connectivity index (χ1) is 15.0. The first-order valence-electron chi connectivity index (χ1n) is 10.4. The average Bonchev–Trinajstić information content (AvgIpc) is 3.22. The Balaban J connectivity index is 1.45. The van der Waals surface area contributed by atoms with E-state index in [-0.39, 0.29) is 11.8 Å². The lowest BCUT2D eigenvalue weighted by molar-refractivity contribution is -0.124. The van der Waals surface area contributed by atoms with Gasteiger partial charge in [-0.2, -0.15) is 0 Å². The molecule has 31 heavy (non-hydrogen) atoms. The molecule has 0 saturated carbocycles. The van der Waals surface area contributed by atoms with Gasteiger partial charge in [0.1, 0.15) is 11.6 Å². The Bertz CT molecular complexity index is 1090. The number of benzene rings is 1. The van der Waals surface area contributed by atoms with Crippen LogP contribution >= 0.6 is 0 Å². The quantitative estimate of drug-likeness (QED) is 0.636. The van der Waals surface area contributed by atoms with Crippen LogP contribution in [0.2, 0.25) is 0 Å². The summed E-state index contributed by atoms with van der Waals surface area (Å²) in [7, 11) is 0. The van der Waals surface area contributed by atoms with Gasteiger partial charge < -0.3 is 10.2 Å². The van der Waals surface area contributed by atoms with Crippen LogP contribution < -0.4 is 5.32 Å². The molecule has 1 fully saturated rings. The standard InChI is InChI=1S/C24H26N6O/c1-16-13-17(2)26-24(25-16)29-22-14-21(27-18(3)28-22)20-11-12-30(15-20)23(31)10-9-19-7-5-4-6-8-19/h4-10,13-14,20H,11-12,15H2,1-3H3,(H,25,26,27,28,29)/b10-9+. The second-order valence-corrected chi connectivity index (χ2v) is 7.84. The van der Waals surface area contributed by atoms with Gasteiger partial charge in [-0.1, -0.05) is 30.3 Å². The van der Waals surface area contributed by atoms with Crippen LogP contribution in [0.1, 0.15) is 40.8 Å². The smallest absolute Gasteiger partial charge is 0.246 e. The average molecular weight is 415 g/mol. The molecule has 1 saturated heterocycles. The molecule has 1 aromatic carbocycles. The van der Waals surface area contributed by atoms with E-state index in [9.17, 15) is 4.79 Å². The van der Waals surface area contributed by atoms with Crippen LogP contribution in [-0.4, -0.2) is 43.8 Å². The lowest BCUT2D eigenvalue weighted by atomic mass is 10.0. The Morgan fingerprint density at radius 1 is 1.03 bits per heavy atom. The fourth-order valence-corrected chi connectivity index (χ4v) is 3.80. The van der Waals surface area contributed by atoms with Crippen molar-refractivity contribution in [1.29, 1.82) is 0 Å². The number of aromatic nitrogens is 4. The van der Waals surface area contributed by atoms with E-state index in [1.54, 1.807) is 6.08 Å². The number of nitrogens with one attached hydrogen (secondary N) is 1. The minimum atomic E-state index is 0.0270. The summed E-state index contributed by atoms with van der Waals surface area (Å²) in [5.74, 6) is 2.07. The summed E-state index contributed by atoms with van der Waals surface area (Å²) < 4.78 is 0. The highest BCUT2D eigenvalue weighted by molar-refractivity contribution is 5.92. The predicted molar refractivity (Wildman–Crippen MR) is 121 cm³/mol. The van der Waals surface area contributed by atoms with E-state index in [0.29, 0.717) is 30.7 Å². The lowest BCUT2D eigenvalue weighted by Crippen LogP contribution is -2.26. The maximum absolute atomic E-state index is 12.6. The summed E-state index contributed by atoms with van der Waals surface area (Å²) in [5.41, 5.74) is 3.74. The van der Waals surface area contributed by atoms with Gasteiger partial charge >= 0.3 is 0 Å². The van der Waals surface area contributed by atoms with E-state index in [1.165, 1.54) is 0 Å². The number of amides is 1. The fraction of sp³-hybridized carbons (Fsp3) is 0.292. The summed E-state index contributed by atoms with van der Waals surface area (Å²) in [5, 5.41) is 3.20. The third kappa shape index (κ3) is 5.31. The molecule has 158 valence electrons. The van der Waals surface area contributed by atoms with Crippen LogP contribution in [0.5, 0.6) is 0 Å². The molecule has 4 rings (SSSR count). The second-order valence-electron chi connectivity index (χ2n) is 7.84. The number of hydrogen-bond donors (Lipinski definition) is 1. The van der Waals surface area contributed by atoms with Crippen molar-refractivity contribution in [2.24, 2.45) is 0 Å². The fourth-order valence-electron chi connectivity index (χ4n) is 3.80. The minimum absolute atomic E-state index is 0.0270. The van der Waals surface area contributed by atoms with E-state index < -0.39 is 0 Å². The molecule has 0 spiro atoms. The van der Waals surface area contributed by atoms with Crippen LogP contribution in [0.15, 0.2) is 48.5 Å². The number of anilines is 2. The van der Waals surface area contributed by atoms with Crippen LogP contribution in [0, 0.1) is 20.8 Å². The number of hydrogen-bond acceptors (Lipinski definition) is 6. The zero-order chi connectivity index (χ0) is 21.8. The maximum atomic E-state index is 12.6. The topological polar surface area (TPSA) is 83.9 Å². The molecule has 3 aromatic rings. The number of rotatable bonds is 5. The van der Waals surface area contributed by atoms with Gasteiger partial charge in [-0.25, -0.2) is 19.9 Å². The van der Waals surface area contributed by atoms with Crippen LogP contribution in [0.25, 0.3) is 6.08 Å². The largest absolute Gasteiger partial charge is 0.338 e. The molecule has 1 atom stereocenters. The predicted octanol–water partition coefficient (Wildman–Crippen LogP) is 3.96. The molecule has 7 nitrogen and oxygen atoms in total. The van der Waals surface area contributed by atoms with Gasteiger partial charge in [-0.05, 0) is 44.9 Å². The molecule has 7 heteroatoms. The molecular formula is C24H26N6O. The highest BCUT2D eigenvalue weighted by Gasteiger charge is 2.27. The van der Waals surface area contributed by atoms with Crippen LogP contribution in [0.3, 0.4) is 0 Å². The Morgan fingerprint density at radius 3 is 2.52 bits per heavy atom. The van der Waals surface area contributed by atoms with Crippen LogP contribution in [-0.2, 0) is 4.79 Å². The first kappa shape index (κ1) is 20.7. The van der Waals surface area contributed by atoms with E-state index in [0.717, 1.165) is 29.1 Å². The Morgan fingerprint density at radius 2 is 1.77 bits per heavy atom. The molecule has 3 heterocycles. The third-order valence-electron chi connectivity index (χ3n) is 5.22. The second kappa shape index (κ2) is 9.04. The maximum Gasteiger partial charge on any atom is 0.246 e. The van der Waals surface area contributed by atoms with Gasteiger partial charge in [0, 0.05) is 42.5 Å². The molecule has 2 aromatic heterocycles. The molecule has 0 aliphatic carbocycles. The molecule has 0 bridgehead atoms. The molecular weight excluding hydrogens is 388 g/mol. The highest BCUT2D eigenvalue weighted by Crippen LogP contribution is 2.28. The van der Waals surface area contributed by atoms with Crippen molar-refractivity contribution in [1.82, 2.24) is 24.8 Å². The van der Waals surface area contributed by atoms with E-state index in [2.05, 4.69) is 25.3 Å². The van der Waals surface area contributed by atoms with Crippen LogP contribution in [0.4, 0.5) is 11.8 Å². The summed E-state index contributed by atoms with van der Waals surface area (Å²) in [6.45, 7) is 7.11. The molecule has 0 radical (unpaired) electrons. The number of likely N-dealkylation sites (tertiary alicyclic amines) is 1. The summed E-state index contributed by atoms with van der Waals surface area (Å²) >= 11 is 0. The van der Waals surface area contributed by atoms with E-state index >= 15 is 0 Å². The zero-order valence-electron chi connectivity index (χ0n) is 18.0. The van der Waals surface area contributed by atoms with Gasteiger partial charge in [0.2, 0.25) is 11.9 Å². The van der Waals surface area contributed by atoms with Gasteiger partial charge in [0.25, 0.3) is 0 Å². The number of aryl methyl sites for hydroxylation is 3. The Labute approximate surface area is 182 Å². The summed E-state index contributed by atoms with van der Waals surface area (Å²) in [6, 6.07) is 13.7. The monoisotopic (exact) mass is 414 g/mol. The van der Waals surface area contributed by atoms with Crippen molar-refractivity contribution in [2.45, 2.75) is 33.1 Å². The normalized spacial score (nSPS) is 16.1. The molecule has 1 unspecified atom stereocenters. The summed E-state index contributed by atoms with van der Waals surface area (Å²) in [4.78, 5) is 32.5.